The van der Waals surface area contributed by atoms with Crippen LogP contribution in [-0.4, -0.2) is 17.0 Å². The highest BCUT2D eigenvalue weighted by atomic mass is 79.9. The lowest BCUT2D eigenvalue weighted by Crippen LogP contribution is -2.16. The minimum atomic E-state index is 0.875. The third kappa shape index (κ3) is 2.62. The second-order valence-corrected chi connectivity index (χ2v) is 6.03. The second kappa shape index (κ2) is 5.27. The maximum absolute atomic E-state index is 4.48. The molecule has 5 heteroatoms. The Balaban J connectivity index is 2.00. The Morgan fingerprint density at radius 3 is 3.00 bits per heavy atom. The maximum Gasteiger partial charge on any atom is 0.112 e. The Kier molecular flexibility index (Phi) is 3.48. The van der Waals surface area contributed by atoms with Crippen LogP contribution in [0.2, 0.25) is 0 Å². The fourth-order valence-corrected chi connectivity index (χ4v) is 3.02. The van der Waals surface area contributed by atoms with Crippen LogP contribution in [0.5, 0.6) is 0 Å². The highest BCUT2D eigenvalue weighted by Crippen LogP contribution is 2.25. The third-order valence-electron chi connectivity index (χ3n) is 2.93. The molecule has 3 aromatic rings. The van der Waals surface area contributed by atoms with Gasteiger partial charge in [0.05, 0.1) is 11.2 Å². The molecular weight excluding hydrogens is 322 g/mol. The number of nitrogens with zero attached hydrogens (tertiary/aromatic N) is 3. The first kappa shape index (κ1) is 12.6. The molecule has 0 aliphatic heterocycles. The summed E-state index contributed by atoms with van der Waals surface area (Å²) in [4.78, 5) is 11.0. The molecule has 96 valence electrons. The minimum Gasteiger partial charge on any atom is -0.368 e. The molecule has 0 bridgehead atoms. The van der Waals surface area contributed by atoms with Gasteiger partial charge in [-0.25, -0.2) is 0 Å². The minimum absolute atomic E-state index is 0.875. The first-order chi connectivity index (χ1) is 9.24. The molecule has 0 unspecified atom stereocenters. The van der Waals surface area contributed by atoms with Crippen LogP contribution in [-0.2, 0) is 6.54 Å². The average Bonchev–Trinajstić information content (AvgIpc) is 2.90. The summed E-state index contributed by atoms with van der Waals surface area (Å²) < 4.78 is 0.949. The van der Waals surface area contributed by atoms with Gasteiger partial charge >= 0.3 is 0 Å². The third-order valence-corrected chi connectivity index (χ3v) is 4.10. The van der Waals surface area contributed by atoms with Crippen molar-refractivity contribution in [3.63, 3.8) is 0 Å². The van der Waals surface area contributed by atoms with E-state index in [1.165, 1.54) is 5.56 Å². The predicted molar refractivity (Wildman–Crippen MR) is 83.7 cm³/mol. The van der Waals surface area contributed by atoms with E-state index in [9.17, 15) is 0 Å². The van der Waals surface area contributed by atoms with E-state index in [0.29, 0.717) is 0 Å². The van der Waals surface area contributed by atoms with Crippen LogP contribution in [0.3, 0.4) is 0 Å². The molecular formula is C14H12BrN3S. The average molecular weight is 334 g/mol. The van der Waals surface area contributed by atoms with E-state index in [0.717, 1.165) is 27.7 Å². The number of rotatable bonds is 3. The molecule has 0 N–H and O–H groups in total. The van der Waals surface area contributed by atoms with Crippen LogP contribution >= 0.6 is 27.3 Å². The standard InChI is InChI=1S/C14H12BrN3S/c1-18(8-10-3-5-19-9-10)13-2-4-16-12-6-11(15)7-17-14(12)13/h2-7,9H,8H2,1H3. The molecule has 3 aromatic heterocycles. The Morgan fingerprint density at radius 2 is 2.21 bits per heavy atom. The van der Waals surface area contributed by atoms with Gasteiger partial charge in [-0.15, -0.1) is 0 Å². The molecule has 0 spiro atoms. The first-order valence-electron chi connectivity index (χ1n) is 5.86. The van der Waals surface area contributed by atoms with Gasteiger partial charge in [0.25, 0.3) is 0 Å². The molecule has 0 amide bonds. The van der Waals surface area contributed by atoms with Crippen molar-refractivity contribution in [2.24, 2.45) is 0 Å². The number of pyridine rings is 2. The molecule has 0 radical (unpaired) electrons. The van der Waals surface area contributed by atoms with Gasteiger partial charge in [0.15, 0.2) is 0 Å². The Morgan fingerprint density at radius 1 is 1.32 bits per heavy atom. The molecule has 0 aliphatic rings. The van der Waals surface area contributed by atoms with Crippen LogP contribution < -0.4 is 4.90 Å². The van der Waals surface area contributed by atoms with Gasteiger partial charge < -0.3 is 4.90 Å². The number of halogens is 1. The van der Waals surface area contributed by atoms with E-state index in [2.05, 4.69) is 54.7 Å². The zero-order valence-electron chi connectivity index (χ0n) is 10.4. The molecule has 3 nitrogen and oxygen atoms in total. The van der Waals surface area contributed by atoms with Gasteiger partial charge in [0.1, 0.15) is 5.52 Å². The summed E-state index contributed by atoms with van der Waals surface area (Å²) in [5.41, 5.74) is 4.26. The molecule has 0 aliphatic carbocycles. The summed E-state index contributed by atoms with van der Waals surface area (Å²) in [7, 11) is 2.08. The van der Waals surface area contributed by atoms with Crippen LogP contribution in [0.25, 0.3) is 11.0 Å². The van der Waals surface area contributed by atoms with Crippen molar-refractivity contribution in [2.45, 2.75) is 6.54 Å². The fourth-order valence-electron chi connectivity index (χ4n) is 2.04. The Labute approximate surface area is 124 Å². The van der Waals surface area contributed by atoms with Crippen LogP contribution in [0.1, 0.15) is 5.56 Å². The smallest absolute Gasteiger partial charge is 0.112 e. The highest BCUT2D eigenvalue weighted by Gasteiger charge is 2.09. The SMILES string of the molecule is CN(Cc1ccsc1)c1ccnc2cc(Br)cnc12. The van der Waals surface area contributed by atoms with Gasteiger partial charge in [-0.1, -0.05) is 0 Å². The van der Waals surface area contributed by atoms with E-state index in [1.807, 2.05) is 24.5 Å². The van der Waals surface area contributed by atoms with Gasteiger partial charge in [0, 0.05) is 30.5 Å². The molecule has 3 heterocycles. The van der Waals surface area contributed by atoms with Gasteiger partial charge in [-0.3, -0.25) is 9.97 Å². The van der Waals surface area contributed by atoms with E-state index < -0.39 is 0 Å². The van der Waals surface area contributed by atoms with E-state index in [4.69, 9.17) is 0 Å². The maximum atomic E-state index is 4.48. The largest absolute Gasteiger partial charge is 0.368 e. The van der Waals surface area contributed by atoms with Crippen LogP contribution in [0.4, 0.5) is 5.69 Å². The summed E-state index contributed by atoms with van der Waals surface area (Å²) in [6.45, 7) is 0.875. The number of hydrogen-bond donors (Lipinski definition) is 0. The molecule has 19 heavy (non-hydrogen) atoms. The Hall–Kier alpha value is -1.46. The molecule has 0 fully saturated rings. The van der Waals surface area contributed by atoms with Crippen molar-refractivity contribution < 1.29 is 0 Å². The van der Waals surface area contributed by atoms with Crippen molar-refractivity contribution in [1.29, 1.82) is 0 Å². The first-order valence-corrected chi connectivity index (χ1v) is 7.60. The lowest BCUT2D eigenvalue weighted by atomic mass is 10.2. The zero-order chi connectivity index (χ0) is 13.2. The number of aromatic nitrogens is 2. The quantitative estimate of drug-likeness (QED) is 0.722. The van der Waals surface area contributed by atoms with Crippen molar-refractivity contribution in [3.8, 4) is 0 Å². The summed E-state index contributed by atoms with van der Waals surface area (Å²) in [5, 5.41) is 4.27. The van der Waals surface area contributed by atoms with E-state index in [-0.39, 0.29) is 0 Å². The number of hydrogen-bond acceptors (Lipinski definition) is 4. The highest BCUT2D eigenvalue weighted by molar-refractivity contribution is 9.10. The molecule has 3 rings (SSSR count). The number of thiophene rings is 1. The van der Waals surface area contributed by atoms with Gasteiger partial charge in [0.2, 0.25) is 0 Å². The Bertz CT molecular complexity index is 697. The van der Waals surface area contributed by atoms with Gasteiger partial charge in [-0.05, 0) is 50.5 Å². The lowest BCUT2D eigenvalue weighted by Gasteiger charge is -2.19. The second-order valence-electron chi connectivity index (χ2n) is 4.34. The normalized spacial score (nSPS) is 10.8. The summed E-state index contributed by atoms with van der Waals surface area (Å²) >= 11 is 5.15. The molecule has 0 aromatic carbocycles. The van der Waals surface area contributed by atoms with E-state index in [1.54, 1.807) is 11.3 Å². The number of fused-ring (bicyclic) bond motifs is 1. The summed E-state index contributed by atoms with van der Waals surface area (Å²) in [5.74, 6) is 0. The predicted octanol–water partition coefficient (Wildman–Crippen LogP) is 4.09. The molecule has 0 saturated heterocycles. The monoisotopic (exact) mass is 333 g/mol. The van der Waals surface area contributed by atoms with E-state index >= 15 is 0 Å². The molecule has 0 saturated carbocycles. The lowest BCUT2D eigenvalue weighted by molar-refractivity contribution is 0.929. The topological polar surface area (TPSA) is 29.0 Å². The number of anilines is 1. The fraction of sp³-hybridized carbons (Fsp3) is 0.143. The van der Waals surface area contributed by atoms with Crippen molar-refractivity contribution in [3.05, 3.63) is 51.4 Å². The molecule has 0 atom stereocenters. The van der Waals surface area contributed by atoms with Crippen LogP contribution in [0.15, 0.2) is 45.8 Å². The summed E-state index contributed by atoms with van der Waals surface area (Å²) in [6, 6.07) is 6.15. The van der Waals surface area contributed by atoms with Crippen molar-refractivity contribution >= 4 is 44.0 Å². The van der Waals surface area contributed by atoms with Crippen LogP contribution in [0, 0.1) is 0 Å². The van der Waals surface area contributed by atoms with Crippen molar-refractivity contribution in [1.82, 2.24) is 9.97 Å². The van der Waals surface area contributed by atoms with Crippen molar-refractivity contribution in [2.75, 3.05) is 11.9 Å². The summed E-state index contributed by atoms with van der Waals surface area (Å²) in [6.07, 6.45) is 3.64. The zero-order valence-corrected chi connectivity index (χ0v) is 12.8. The van der Waals surface area contributed by atoms with Gasteiger partial charge in [-0.2, -0.15) is 11.3 Å².